The minimum Gasteiger partial charge on any atom is -0.497 e. The van der Waals surface area contributed by atoms with E-state index in [1.54, 1.807) is 7.11 Å². The molecule has 2 fully saturated rings. The Bertz CT molecular complexity index is 603. The SMILES string of the molecule is COc1ccc(CCNC(=O)C2CCN(C(=O)N3CCCC3)CC2)cc1. The van der Waals surface area contributed by atoms with E-state index in [1.165, 1.54) is 5.56 Å². The van der Waals surface area contributed by atoms with Gasteiger partial charge in [-0.3, -0.25) is 4.79 Å². The third kappa shape index (κ3) is 4.68. The van der Waals surface area contributed by atoms with Crippen LogP contribution in [0.25, 0.3) is 0 Å². The van der Waals surface area contributed by atoms with Crippen LogP contribution in [0, 0.1) is 5.92 Å². The Morgan fingerprint density at radius 1 is 1.04 bits per heavy atom. The van der Waals surface area contributed by atoms with Crippen molar-refractivity contribution in [3.8, 4) is 5.75 Å². The Balaban J connectivity index is 1.37. The maximum absolute atomic E-state index is 12.4. The van der Waals surface area contributed by atoms with Crippen LogP contribution in [0.3, 0.4) is 0 Å². The van der Waals surface area contributed by atoms with E-state index in [9.17, 15) is 9.59 Å². The normalized spacial score (nSPS) is 18.0. The molecule has 0 saturated carbocycles. The van der Waals surface area contributed by atoms with E-state index in [1.807, 2.05) is 34.1 Å². The lowest BCUT2D eigenvalue weighted by molar-refractivity contribution is -0.126. The Hall–Kier alpha value is -2.24. The van der Waals surface area contributed by atoms with E-state index in [4.69, 9.17) is 4.74 Å². The number of hydrogen-bond acceptors (Lipinski definition) is 3. The monoisotopic (exact) mass is 359 g/mol. The number of urea groups is 1. The number of likely N-dealkylation sites (tertiary alicyclic amines) is 2. The number of piperidine rings is 1. The van der Waals surface area contributed by atoms with Gasteiger partial charge < -0.3 is 19.9 Å². The molecule has 0 spiro atoms. The zero-order valence-electron chi connectivity index (χ0n) is 15.6. The highest BCUT2D eigenvalue weighted by molar-refractivity contribution is 5.79. The molecule has 0 atom stereocenters. The van der Waals surface area contributed by atoms with Gasteiger partial charge in [-0.05, 0) is 49.8 Å². The molecule has 0 bridgehead atoms. The van der Waals surface area contributed by atoms with E-state index in [0.29, 0.717) is 19.6 Å². The molecule has 0 aromatic heterocycles. The summed E-state index contributed by atoms with van der Waals surface area (Å²) in [6, 6.07) is 8.07. The van der Waals surface area contributed by atoms with Crippen molar-refractivity contribution in [2.24, 2.45) is 5.92 Å². The quantitative estimate of drug-likeness (QED) is 0.877. The lowest BCUT2D eigenvalue weighted by atomic mass is 9.96. The van der Waals surface area contributed by atoms with Crippen molar-refractivity contribution in [3.05, 3.63) is 29.8 Å². The zero-order chi connectivity index (χ0) is 18.4. The van der Waals surface area contributed by atoms with Crippen molar-refractivity contribution in [1.29, 1.82) is 0 Å². The third-order valence-corrected chi connectivity index (χ3v) is 5.38. The first-order valence-corrected chi connectivity index (χ1v) is 9.62. The van der Waals surface area contributed by atoms with Crippen molar-refractivity contribution < 1.29 is 14.3 Å². The van der Waals surface area contributed by atoms with Crippen LogP contribution >= 0.6 is 0 Å². The predicted molar refractivity (Wildman–Crippen MR) is 100 cm³/mol. The molecule has 2 aliphatic rings. The van der Waals surface area contributed by atoms with Crippen LogP contribution in [0.5, 0.6) is 5.75 Å². The smallest absolute Gasteiger partial charge is 0.319 e. The molecule has 142 valence electrons. The van der Waals surface area contributed by atoms with E-state index in [0.717, 1.165) is 50.9 Å². The summed E-state index contributed by atoms with van der Waals surface area (Å²) in [5.74, 6) is 0.980. The minimum absolute atomic E-state index is 0.0218. The van der Waals surface area contributed by atoms with Crippen molar-refractivity contribution in [2.75, 3.05) is 39.8 Å². The number of nitrogens with zero attached hydrogens (tertiary/aromatic N) is 2. The van der Waals surface area contributed by atoms with Crippen LogP contribution in [-0.2, 0) is 11.2 Å². The van der Waals surface area contributed by atoms with E-state index >= 15 is 0 Å². The van der Waals surface area contributed by atoms with Gasteiger partial charge in [0.1, 0.15) is 5.75 Å². The second-order valence-electron chi connectivity index (χ2n) is 7.13. The summed E-state index contributed by atoms with van der Waals surface area (Å²) in [6.07, 6.45) is 4.54. The van der Waals surface area contributed by atoms with Crippen LogP contribution in [0.1, 0.15) is 31.2 Å². The highest BCUT2D eigenvalue weighted by atomic mass is 16.5. The molecule has 1 aromatic rings. The molecule has 3 rings (SSSR count). The first kappa shape index (κ1) is 18.5. The molecular weight excluding hydrogens is 330 g/mol. The van der Waals surface area contributed by atoms with Gasteiger partial charge in [0.25, 0.3) is 0 Å². The molecule has 0 aliphatic carbocycles. The molecule has 1 N–H and O–H groups in total. The van der Waals surface area contributed by atoms with Gasteiger partial charge in [-0.2, -0.15) is 0 Å². The molecule has 26 heavy (non-hydrogen) atoms. The minimum atomic E-state index is 0.0218. The van der Waals surface area contributed by atoms with Gasteiger partial charge >= 0.3 is 6.03 Å². The number of rotatable bonds is 5. The van der Waals surface area contributed by atoms with Crippen LogP contribution in [-0.4, -0.2) is 61.6 Å². The average Bonchev–Trinajstić information content (AvgIpc) is 3.23. The molecule has 0 radical (unpaired) electrons. The topological polar surface area (TPSA) is 61.9 Å². The summed E-state index contributed by atoms with van der Waals surface area (Å²) < 4.78 is 5.15. The third-order valence-electron chi connectivity index (χ3n) is 5.38. The molecule has 2 aliphatic heterocycles. The standard InChI is InChI=1S/C20H29N3O3/c1-26-18-6-4-16(5-7-18)8-11-21-19(24)17-9-14-23(15-10-17)20(25)22-12-2-3-13-22/h4-7,17H,2-3,8-15H2,1H3,(H,21,24). The number of ether oxygens (including phenoxy) is 1. The molecule has 6 heteroatoms. The molecule has 0 unspecified atom stereocenters. The van der Waals surface area contributed by atoms with Crippen molar-refractivity contribution >= 4 is 11.9 Å². The van der Waals surface area contributed by atoms with Gasteiger partial charge in [0.2, 0.25) is 5.91 Å². The maximum Gasteiger partial charge on any atom is 0.319 e. The summed E-state index contributed by atoms with van der Waals surface area (Å²) in [5.41, 5.74) is 1.18. The summed E-state index contributed by atoms with van der Waals surface area (Å²) >= 11 is 0. The molecular formula is C20H29N3O3. The molecule has 2 heterocycles. The highest BCUT2D eigenvalue weighted by Crippen LogP contribution is 2.20. The molecule has 3 amide bonds. The Morgan fingerprint density at radius 3 is 2.27 bits per heavy atom. The van der Waals surface area contributed by atoms with E-state index in [-0.39, 0.29) is 17.9 Å². The fourth-order valence-corrected chi connectivity index (χ4v) is 3.71. The lowest BCUT2D eigenvalue weighted by Crippen LogP contribution is -2.47. The van der Waals surface area contributed by atoms with Crippen molar-refractivity contribution in [2.45, 2.75) is 32.1 Å². The summed E-state index contributed by atoms with van der Waals surface area (Å²) in [5, 5.41) is 3.04. The largest absolute Gasteiger partial charge is 0.497 e. The van der Waals surface area contributed by atoms with Gasteiger partial charge in [0, 0.05) is 38.6 Å². The molecule has 2 saturated heterocycles. The van der Waals surface area contributed by atoms with Gasteiger partial charge in [-0.1, -0.05) is 12.1 Å². The second kappa shape index (κ2) is 8.92. The van der Waals surface area contributed by atoms with Crippen LogP contribution in [0.2, 0.25) is 0 Å². The predicted octanol–water partition coefficient (Wildman–Crippen LogP) is 2.28. The number of carbonyl (C=O) groups excluding carboxylic acids is 2. The lowest BCUT2D eigenvalue weighted by Gasteiger charge is -2.34. The molecule has 1 aromatic carbocycles. The summed E-state index contributed by atoms with van der Waals surface area (Å²) in [6.45, 7) is 3.77. The first-order valence-electron chi connectivity index (χ1n) is 9.62. The van der Waals surface area contributed by atoms with Gasteiger partial charge in [-0.15, -0.1) is 0 Å². The summed E-state index contributed by atoms with van der Waals surface area (Å²) in [4.78, 5) is 28.6. The fourth-order valence-electron chi connectivity index (χ4n) is 3.71. The van der Waals surface area contributed by atoms with Gasteiger partial charge in [-0.25, -0.2) is 4.79 Å². The Labute approximate surface area is 155 Å². The van der Waals surface area contributed by atoms with Gasteiger partial charge in [0.15, 0.2) is 0 Å². The maximum atomic E-state index is 12.4. The first-order chi connectivity index (χ1) is 12.7. The van der Waals surface area contributed by atoms with Crippen molar-refractivity contribution in [1.82, 2.24) is 15.1 Å². The number of nitrogens with one attached hydrogen (secondary N) is 1. The molecule has 6 nitrogen and oxygen atoms in total. The number of benzene rings is 1. The van der Waals surface area contributed by atoms with Crippen LogP contribution in [0.4, 0.5) is 4.79 Å². The number of hydrogen-bond donors (Lipinski definition) is 1. The average molecular weight is 359 g/mol. The second-order valence-corrected chi connectivity index (χ2v) is 7.13. The Morgan fingerprint density at radius 2 is 1.65 bits per heavy atom. The number of carbonyl (C=O) groups is 2. The highest BCUT2D eigenvalue weighted by Gasteiger charge is 2.30. The van der Waals surface area contributed by atoms with E-state index < -0.39 is 0 Å². The van der Waals surface area contributed by atoms with Crippen LogP contribution < -0.4 is 10.1 Å². The number of methoxy groups -OCH3 is 1. The van der Waals surface area contributed by atoms with E-state index in [2.05, 4.69) is 5.32 Å². The summed E-state index contributed by atoms with van der Waals surface area (Å²) in [7, 11) is 1.65. The van der Waals surface area contributed by atoms with Crippen molar-refractivity contribution in [3.63, 3.8) is 0 Å². The van der Waals surface area contributed by atoms with Gasteiger partial charge in [0.05, 0.1) is 7.11 Å². The fraction of sp³-hybridized carbons (Fsp3) is 0.600. The number of amides is 3. The Kier molecular flexibility index (Phi) is 6.36. The zero-order valence-corrected chi connectivity index (χ0v) is 15.6. The van der Waals surface area contributed by atoms with Crippen LogP contribution in [0.15, 0.2) is 24.3 Å².